The van der Waals surface area contributed by atoms with Crippen molar-refractivity contribution < 1.29 is 14.0 Å². The van der Waals surface area contributed by atoms with Gasteiger partial charge in [-0.1, -0.05) is 11.6 Å². The van der Waals surface area contributed by atoms with Crippen LogP contribution in [0, 0.1) is 11.7 Å². The lowest BCUT2D eigenvalue weighted by Crippen LogP contribution is -2.55. The van der Waals surface area contributed by atoms with Crippen molar-refractivity contribution in [3.8, 4) is 0 Å². The summed E-state index contributed by atoms with van der Waals surface area (Å²) in [4.78, 5) is 25.9. The van der Waals surface area contributed by atoms with Crippen LogP contribution in [-0.4, -0.2) is 49.1 Å². The molecular weight excluding hydrogens is 337 g/mol. The van der Waals surface area contributed by atoms with Gasteiger partial charge in [0.2, 0.25) is 5.91 Å². The smallest absolute Gasteiger partial charge is 0.317 e. The number of rotatable bonds is 4. The van der Waals surface area contributed by atoms with Crippen molar-refractivity contribution in [2.24, 2.45) is 17.4 Å². The number of carbonyl (C=O) groups is 2. The van der Waals surface area contributed by atoms with E-state index in [1.807, 2.05) is 0 Å². The molecule has 1 aromatic carbocycles. The molecule has 132 valence electrons. The molecule has 0 unspecified atom stereocenters. The van der Waals surface area contributed by atoms with E-state index < -0.39 is 11.7 Å². The fourth-order valence-corrected chi connectivity index (χ4v) is 2.72. The van der Waals surface area contributed by atoms with Gasteiger partial charge in [0, 0.05) is 37.9 Å². The molecule has 2 rings (SSSR count). The molecule has 0 radical (unpaired) electrons. The monoisotopic (exact) mass is 357 g/mol. The molecule has 24 heavy (non-hydrogen) atoms. The number of hydrogen-bond acceptors (Lipinski definition) is 4. The second-order valence-electron chi connectivity index (χ2n) is 5.74. The van der Waals surface area contributed by atoms with Crippen molar-refractivity contribution in [3.63, 3.8) is 0 Å². The zero-order chi connectivity index (χ0) is 17.7. The zero-order valence-corrected chi connectivity index (χ0v) is 13.9. The Morgan fingerprint density at radius 2 is 2.12 bits per heavy atom. The summed E-state index contributed by atoms with van der Waals surface area (Å²) in [6.45, 7) is 1.30. The highest BCUT2D eigenvalue weighted by Gasteiger charge is 2.32. The first-order valence-corrected chi connectivity index (χ1v) is 8.03. The summed E-state index contributed by atoms with van der Waals surface area (Å²) in [6.07, 6.45) is 0.447. The Labute approximate surface area is 144 Å². The summed E-state index contributed by atoms with van der Waals surface area (Å²) in [7, 11) is 0. The molecular formula is C15H21ClFN5O2. The third kappa shape index (κ3) is 4.80. The van der Waals surface area contributed by atoms with Gasteiger partial charge in [0.05, 0.1) is 10.9 Å². The van der Waals surface area contributed by atoms with Gasteiger partial charge in [0.1, 0.15) is 5.82 Å². The van der Waals surface area contributed by atoms with Gasteiger partial charge >= 0.3 is 6.03 Å². The normalized spacial score (nSPS) is 20.6. The standard InChI is InChI=1S/C15H21ClFN5O2/c16-12-2-1-11(6-13(12)17)21-14(23)9-5-10(19)8-22(7-9)15(24)20-4-3-18/h1-2,6,9-10H,3-5,7-8,18-19H2,(H,20,24)(H,21,23)/t9-,10+/m0/s1. The minimum absolute atomic E-state index is 0.0181. The lowest BCUT2D eigenvalue weighted by molar-refractivity contribution is -0.121. The lowest BCUT2D eigenvalue weighted by atomic mass is 9.94. The number of nitrogens with two attached hydrogens (primary N) is 2. The van der Waals surface area contributed by atoms with Crippen LogP contribution in [0.1, 0.15) is 6.42 Å². The van der Waals surface area contributed by atoms with E-state index in [2.05, 4.69) is 10.6 Å². The van der Waals surface area contributed by atoms with Crippen LogP contribution in [0.3, 0.4) is 0 Å². The molecule has 6 N–H and O–H groups in total. The maximum atomic E-state index is 13.4. The number of amides is 3. The largest absolute Gasteiger partial charge is 0.337 e. The van der Waals surface area contributed by atoms with E-state index in [-0.39, 0.29) is 29.5 Å². The number of nitrogens with zero attached hydrogens (tertiary/aromatic N) is 1. The Bertz CT molecular complexity index is 616. The van der Waals surface area contributed by atoms with Crippen LogP contribution in [0.25, 0.3) is 0 Å². The molecule has 1 heterocycles. The number of urea groups is 1. The fraction of sp³-hybridized carbons (Fsp3) is 0.467. The van der Waals surface area contributed by atoms with Gasteiger partial charge < -0.3 is 27.0 Å². The second-order valence-corrected chi connectivity index (χ2v) is 6.14. The van der Waals surface area contributed by atoms with Gasteiger partial charge in [-0.2, -0.15) is 0 Å². The maximum absolute atomic E-state index is 13.4. The molecule has 1 fully saturated rings. The van der Waals surface area contributed by atoms with Crippen LogP contribution >= 0.6 is 11.6 Å². The van der Waals surface area contributed by atoms with Crippen molar-refractivity contribution in [1.82, 2.24) is 10.2 Å². The summed E-state index contributed by atoms with van der Waals surface area (Å²) in [5.41, 5.74) is 11.6. The summed E-state index contributed by atoms with van der Waals surface area (Å²) in [5.74, 6) is -1.41. The van der Waals surface area contributed by atoms with Crippen LogP contribution in [0.5, 0.6) is 0 Å². The quantitative estimate of drug-likeness (QED) is 0.636. The molecule has 0 saturated carbocycles. The highest BCUT2D eigenvalue weighted by molar-refractivity contribution is 6.30. The molecule has 2 atom stereocenters. The van der Waals surface area contributed by atoms with Gasteiger partial charge in [0.15, 0.2) is 0 Å². The Morgan fingerprint density at radius 3 is 2.79 bits per heavy atom. The minimum atomic E-state index is -0.613. The Hall–Kier alpha value is -1.90. The molecule has 0 spiro atoms. The Balaban J connectivity index is 1.99. The summed E-state index contributed by atoms with van der Waals surface area (Å²) in [5, 5.41) is 5.27. The SMILES string of the molecule is NCCNC(=O)N1C[C@H](N)C[C@H](C(=O)Nc2ccc(Cl)c(F)c2)C1. The van der Waals surface area contributed by atoms with Crippen LogP contribution in [-0.2, 0) is 4.79 Å². The lowest BCUT2D eigenvalue weighted by Gasteiger charge is -2.35. The molecule has 9 heteroatoms. The Kier molecular flexibility index (Phi) is 6.36. The van der Waals surface area contributed by atoms with Crippen LogP contribution in [0.2, 0.25) is 5.02 Å². The van der Waals surface area contributed by atoms with Crippen molar-refractivity contribution in [2.75, 3.05) is 31.5 Å². The van der Waals surface area contributed by atoms with Gasteiger partial charge in [-0.3, -0.25) is 4.79 Å². The number of halogens is 2. The molecule has 1 saturated heterocycles. The fourth-order valence-electron chi connectivity index (χ4n) is 2.60. The van der Waals surface area contributed by atoms with Crippen LogP contribution in [0.15, 0.2) is 18.2 Å². The highest BCUT2D eigenvalue weighted by atomic mass is 35.5. The van der Waals surface area contributed by atoms with Gasteiger partial charge in [-0.15, -0.1) is 0 Å². The third-order valence-electron chi connectivity index (χ3n) is 3.75. The zero-order valence-electron chi connectivity index (χ0n) is 13.1. The molecule has 7 nitrogen and oxygen atoms in total. The molecule has 0 bridgehead atoms. The topological polar surface area (TPSA) is 113 Å². The van der Waals surface area contributed by atoms with E-state index in [0.717, 1.165) is 6.07 Å². The van der Waals surface area contributed by atoms with E-state index in [1.54, 1.807) is 0 Å². The predicted octanol–water partition coefficient (Wildman–Crippen LogP) is 0.735. The molecule has 1 aliphatic heterocycles. The number of carbonyl (C=O) groups excluding carboxylic acids is 2. The van der Waals surface area contributed by atoms with Crippen molar-refractivity contribution in [3.05, 3.63) is 29.0 Å². The number of anilines is 1. The number of nitrogens with one attached hydrogen (secondary N) is 2. The number of hydrogen-bond donors (Lipinski definition) is 4. The maximum Gasteiger partial charge on any atom is 0.317 e. The molecule has 0 aliphatic carbocycles. The summed E-state index contributed by atoms with van der Waals surface area (Å²) >= 11 is 5.62. The van der Waals surface area contributed by atoms with Gasteiger partial charge in [-0.25, -0.2) is 9.18 Å². The van der Waals surface area contributed by atoms with Gasteiger partial charge in [-0.05, 0) is 24.6 Å². The third-order valence-corrected chi connectivity index (χ3v) is 4.06. The second kappa shape index (κ2) is 8.27. The molecule has 1 aromatic rings. The van der Waals surface area contributed by atoms with Crippen LogP contribution in [0.4, 0.5) is 14.9 Å². The number of piperidine rings is 1. The van der Waals surface area contributed by atoms with Crippen molar-refractivity contribution in [1.29, 1.82) is 0 Å². The number of benzene rings is 1. The van der Waals surface area contributed by atoms with Gasteiger partial charge in [0.25, 0.3) is 0 Å². The first-order valence-electron chi connectivity index (χ1n) is 7.65. The average molecular weight is 358 g/mol. The Morgan fingerprint density at radius 1 is 1.38 bits per heavy atom. The van der Waals surface area contributed by atoms with E-state index in [0.29, 0.717) is 31.7 Å². The van der Waals surface area contributed by atoms with Crippen molar-refractivity contribution >= 4 is 29.2 Å². The number of likely N-dealkylation sites (tertiary alicyclic amines) is 1. The van der Waals surface area contributed by atoms with E-state index in [9.17, 15) is 14.0 Å². The van der Waals surface area contributed by atoms with E-state index in [4.69, 9.17) is 23.1 Å². The van der Waals surface area contributed by atoms with E-state index in [1.165, 1.54) is 17.0 Å². The molecule has 0 aromatic heterocycles. The average Bonchev–Trinajstić information content (AvgIpc) is 2.55. The minimum Gasteiger partial charge on any atom is -0.337 e. The first-order chi connectivity index (χ1) is 11.4. The highest BCUT2D eigenvalue weighted by Crippen LogP contribution is 2.21. The first kappa shape index (κ1) is 18.4. The summed E-state index contributed by atoms with van der Waals surface area (Å²) in [6, 6.07) is 3.42. The predicted molar refractivity (Wildman–Crippen MR) is 90.1 cm³/mol. The molecule has 3 amide bonds. The molecule has 1 aliphatic rings. The van der Waals surface area contributed by atoms with E-state index >= 15 is 0 Å². The van der Waals surface area contributed by atoms with Crippen molar-refractivity contribution in [2.45, 2.75) is 12.5 Å². The van der Waals surface area contributed by atoms with Crippen LogP contribution < -0.4 is 22.1 Å². The summed E-state index contributed by atoms with van der Waals surface area (Å²) < 4.78 is 13.4.